The SMILES string of the molecule is CC(CC(O)C1C(=O)C=C(O)C=C1NP(=O)(O)O)c1cccc(O)c1. The van der Waals surface area contributed by atoms with Crippen LogP contribution in [0.15, 0.2) is 47.9 Å². The van der Waals surface area contributed by atoms with E-state index in [1.54, 1.807) is 19.1 Å². The van der Waals surface area contributed by atoms with Gasteiger partial charge in [-0.05, 0) is 30.0 Å². The Morgan fingerprint density at radius 1 is 1.24 bits per heavy atom. The van der Waals surface area contributed by atoms with Crippen molar-refractivity contribution in [2.24, 2.45) is 5.92 Å². The van der Waals surface area contributed by atoms with Crippen molar-refractivity contribution in [2.45, 2.75) is 25.4 Å². The highest BCUT2D eigenvalue weighted by molar-refractivity contribution is 7.49. The number of aliphatic hydroxyl groups is 2. The molecule has 25 heavy (non-hydrogen) atoms. The van der Waals surface area contributed by atoms with E-state index in [1.807, 2.05) is 5.09 Å². The van der Waals surface area contributed by atoms with Gasteiger partial charge in [-0.25, -0.2) is 4.57 Å². The Balaban J connectivity index is 2.20. The minimum absolute atomic E-state index is 0.0733. The summed E-state index contributed by atoms with van der Waals surface area (Å²) in [4.78, 5) is 30.3. The number of benzene rings is 1. The molecular weight excluding hydrogens is 349 g/mol. The second kappa shape index (κ2) is 7.41. The molecule has 1 aliphatic rings. The first-order valence-electron chi connectivity index (χ1n) is 7.53. The highest BCUT2D eigenvalue weighted by Crippen LogP contribution is 2.36. The Morgan fingerprint density at radius 3 is 2.52 bits per heavy atom. The fourth-order valence-electron chi connectivity index (χ4n) is 2.81. The molecule has 1 aromatic carbocycles. The highest BCUT2D eigenvalue weighted by Gasteiger charge is 2.35. The van der Waals surface area contributed by atoms with Gasteiger partial charge in [0.05, 0.1) is 12.0 Å². The number of ketones is 1. The van der Waals surface area contributed by atoms with Crippen molar-refractivity contribution in [3.05, 3.63) is 53.4 Å². The first-order chi connectivity index (χ1) is 11.6. The van der Waals surface area contributed by atoms with Gasteiger partial charge in [0.15, 0.2) is 5.78 Å². The van der Waals surface area contributed by atoms with Crippen LogP contribution in [-0.4, -0.2) is 37.0 Å². The fourth-order valence-corrected chi connectivity index (χ4v) is 3.35. The Morgan fingerprint density at radius 2 is 1.92 bits per heavy atom. The van der Waals surface area contributed by atoms with Crippen LogP contribution in [0.4, 0.5) is 0 Å². The summed E-state index contributed by atoms with van der Waals surface area (Å²) in [6, 6.07) is 6.46. The molecule has 0 heterocycles. The van der Waals surface area contributed by atoms with Crippen molar-refractivity contribution < 1.29 is 34.5 Å². The molecule has 0 fully saturated rings. The molecule has 3 unspecified atom stereocenters. The number of hydrogen-bond acceptors (Lipinski definition) is 5. The zero-order chi connectivity index (χ0) is 18.8. The summed E-state index contributed by atoms with van der Waals surface area (Å²) in [7, 11) is -4.72. The van der Waals surface area contributed by atoms with Crippen LogP contribution in [-0.2, 0) is 9.36 Å². The topological polar surface area (TPSA) is 147 Å². The van der Waals surface area contributed by atoms with Gasteiger partial charge >= 0.3 is 7.75 Å². The summed E-state index contributed by atoms with van der Waals surface area (Å²) in [6.07, 6.45) is 0.763. The molecule has 1 aliphatic carbocycles. The number of allylic oxidation sites excluding steroid dienone is 2. The number of hydrogen-bond donors (Lipinski definition) is 6. The number of phenolic OH excluding ortho intramolecular Hbond substituents is 1. The first-order valence-corrected chi connectivity index (χ1v) is 9.15. The monoisotopic (exact) mass is 369 g/mol. The lowest BCUT2D eigenvalue weighted by atomic mass is 9.83. The summed E-state index contributed by atoms with van der Waals surface area (Å²) in [5, 5.41) is 31.4. The van der Waals surface area contributed by atoms with Gasteiger partial charge in [-0.15, -0.1) is 0 Å². The van der Waals surface area contributed by atoms with Gasteiger partial charge in [0.25, 0.3) is 0 Å². The fraction of sp³-hybridized carbons (Fsp3) is 0.312. The van der Waals surface area contributed by atoms with Crippen LogP contribution >= 0.6 is 7.75 Å². The molecular formula is C16H20NO7P. The van der Waals surface area contributed by atoms with Gasteiger partial charge in [-0.2, -0.15) is 0 Å². The quantitative estimate of drug-likeness (QED) is 0.413. The highest BCUT2D eigenvalue weighted by atomic mass is 31.2. The number of nitrogens with one attached hydrogen (secondary N) is 1. The maximum Gasteiger partial charge on any atom is 0.427 e. The third-order valence-corrected chi connectivity index (χ3v) is 4.48. The average Bonchev–Trinajstić information content (AvgIpc) is 2.44. The van der Waals surface area contributed by atoms with Crippen LogP contribution in [0, 0.1) is 5.92 Å². The molecule has 0 aliphatic heterocycles. The predicted molar refractivity (Wildman–Crippen MR) is 89.6 cm³/mol. The number of aliphatic hydroxyl groups excluding tert-OH is 2. The van der Waals surface area contributed by atoms with Crippen molar-refractivity contribution >= 4 is 13.5 Å². The largest absolute Gasteiger partial charge is 0.508 e. The van der Waals surface area contributed by atoms with Gasteiger partial charge in [0, 0.05) is 17.8 Å². The van der Waals surface area contributed by atoms with E-state index in [1.165, 1.54) is 12.1 Å². The molecule has 2 rings (SSSR count). The number of rotatable bonds is 6. The van der Waals surface area contributed by atoms with Crippen LogP contribution in [0.5, 0.6) is 5.75 Å². The zero-order valence-corrected chi connectivity index (χ0v) is 14.3. The first kappa shape index (κ1) is 19.2. The molecule has 0 amide bonds. The number of aromatic hydroxyl groups is 1. The predicted octanol–water partition coefficient (Wildman–Crippen LogP) is 1.45. The van der Waals surface area contributed by atoms with E-state index >= 15 is 0 Å². The molecule has 6 N–H and O–H groups in total. The smallest absolute Gasteiger partial charge is 0.427 e. The summed E-state index contributed by atoms with van der Waals surface area (Å²) >= 11 is 0. The van der Waals surface area contributed by atoms with Crippen LogP contribution in [0.2, 0.25) is 0 Å². The molecule has 9 heteroatoms. The summed E-state index contributed by atoms with van der Waals surface area (Å²) < 4.78 is 11.2. The van der Waals surface area contributed by atoms with E-state index in [-0.39, 0.29) is 23.8 Å². The Kier molecular flexibility index (Phi) is 5.69. The third-order valence-electron chi connectivity index (χ3n) is 3.93. The van der Waals surface area contributed by atoms with Gasteiger partial charge in [-0.3, -0.25) is 9.88 Å². The minimum Gasteiger partial charge on any atom is -0.508 e. The minimum atomic E-state index is -4.72. The van der Waals surface area contributed by atoms with Gasteiger partial charge < -0.3 is 25.1 Å². The van der Waals surface area contributed by atoms with Crippen LogP contribution in [0.25, 0.3) is 0 Å². The lowest BCUT2D eigenvalue weighted by molar-refractivity contribution is -0.120. The maximum atomic E-state index is 12.1. The van der Waals surface area contributed by atoms with E-state index in [2.05, 4.69) is 0 Å². The Bertz CT molecular complexity index is 768. The van der Waals surface area contributed by atoms with Crippen molar-refractivity contribution in [3.63, 3.8) is 0 Å². The lowest BCUT2D eigenvalue weighted by Crippen LogP contribution is -2.36. The zero-order valence-electron chi connectivity index (χ0n) is 13.4. The van der Waals surface area contributed by atoms with Crippen molar-refractivity contribution in [1.29, 1.82) is 0 Å². The van der Waals surface area contributed by atoms with Crippen LogP contribution < -0.4 is 5.09 Å². The molecule has 0 aromatic heterocycles. The number of carbonyl (C=O) groups is 1. The van der Waals surface area contributed by atoms with Crippen LogP contribution in [0.3, 0.4) is 0 Å². The number of carbonyl (C=O) groups excluding carboxylic acids is 1. The summed E-state index contributed by atoms with van der Waals surface area (Å²) in [5.41, 5.74) is 0.503. The van der Waals surface area contributed by atoms with E-state index in [0.29, 0.717) is 0 Å². The lowest BCUT2D eigenvalue weighted by Gasteiger charge is -2.28. The maximum absolute atomic E-state index is 12.1. The second-order valence-electron chi connectivity index (χ2n) is 6.00. The normalized spacial score (nSPS) is 20.5. The molecule has 0 spiro atoms. The Labute approximate surface area is 144 Å². The summed E-state index contributed by atoms with van der Waals surface area (Å²) in [6.45, 7) is 1.79. The van der Waals surface area contributed by atoms with Crippen LogP contribution in [0.1, 0.15) is 24.8 Å². The molecule has 0 radical (unpaired) electrons. The van der Waals surface area contributed by atoms with E-state index in [0.717, 1.165) is 17.7 Å². The Hall–Kier alpha value is -2.12. The molecule has 136 valence electrons. The van der Waals surface area contributed by atoms with E-state index < -0.39 is 31.3 Å². The molecule has 0 bridgehead atoms. The molecule has 8 nitrogen and oxygen atoms in total. The van der Waals surface area contributed by atoms with E-state index in [9.17, 15) is 24.7 Å². The summed E-state index contributed by atoms with van der Waals surface area (Å²) in [5.74, 6) is -2.50. The molecule has 0 saturated heterocycles. The molecule has 3 atom stereocenters. The standard InChI is InChI=1S/C16H20NO7P/c1-9(10-3-2-4-11(18)6-10)5-14(20)16-13(17-25(22,23)24)7-12(19)8-15(16)21/h2-4,6-9,14,16,18-20H,5H2,1H3,(H3,17,22,23,24). The van der Waals surface area contributed by atoms with Gasteiger partial charge in [-0.1, -0.05) is 19.1 Å². The van der Waals surface area contributed by atoms with Crippen molar-refractivity contribution in [3.8, 4) is 5.75 Å². The third kappa shape index (κ3) is 5.17. The van der Waals surface area contributed by atoms with E-state index in [4.69, 9.17) is 9.79 Å². The van der Waals surface area contributed by atoms with Gasteiger partial charge in [0.2, 0.25) is 0 Å². The van der Waals surface area contributed by atoms with Gasteiger partial charge in [0.1, 0.15) is 11.5 Å². The van der Waals surface area contributed by atoms with Crippen molar-refractivity contribution in [1.82, 2.24) is 5.09 Å². The number of phenols is 1. The molecule has 1 aromatic rings. The average molecular weight is 369 g/mol. The molecule has 0 saturated carbocycles. The second-order valence-corrected chi connectivity index (χ2v) is 7.32. The van der Waals surface area contributed by atoms with Crippen molar-refractivity contribution in [2.75, 3.05) is 0 Å².